The lowest BCUT2D eigenvalue weighted by atomic mass is 10.2. The number of amides is 1. The van der Waals surface area contributed by atoms with Gasteiger partial charge in [0.1, 0.15) is 17.9 Å². The zero-order valence-electron chi connectivity index (χ0n) is 14.5. The van der Waals surface area contributed by atoms with Crippen molar-refractivity contribution in [2.24, 2.45) is 0 Å². The van der Waals surface area contributed by atoms with Crippen LogP contribution in [0.4, 0.5) is 5.69 Å². The van der Waals surface area contributed by atoms with Crippen molar-refractivity contribution in [3.63, 3.8) is 0 Å². The number of nitrogens with zero attached hydrogens (tertiary/aromatic N) is 4. The Bertz CT molecular complexity index is 1070. The number of carbonyl (C=O) groups is 1. The molecule has 7 nitrogen and oxygen atoms in total. The molecule has 1 amide bonds. The molecule has 0 saturated carbocycles. The number of fused-ring (bicyclic) bond motifs is 1. The third-order valence-corrected chi connectivity index (χ3v) is 4.11. The molecule has 9 heteroatoms. The highest BCUT2D eigenvalue weighted by Crippen LogP contribution is 2.25. The number of halogens is 2. The van der Waals surface area contributed by atoms with Gasteiger partial charge in [0.2, 0.25) is 5.91 Å². The van der Waals surface area contributed by atoms with Gasteiger partial charge in [-0.05, 0) is 48.5 Å². The topological polar surface area (TPSA) is 104 Å². The molecule has 28 heavy (non-hydrogen) atoms. The van der Waals surface area contributed by atoms with Crippen LogP contribution in [-0.4, -0.2) is 30.9 Å². The molecule has 144 valence electrons. The van der Waals surface area contributed by atoms with Crippen molar-refractivity contribution < 1.29 is 10.3 Å². The predicted octanol–water partition coefficient (Wildman–Crippen LogP) is 3.38. The minimum atomic E-state index is -0.182. The maximum atomic E-state index is 12.5. The number of nitrogens with one attached hydrogen (secondary N) is 1. The number of hydrogen-bond donors (Lipinski definition) is 1. The van der Waals surface area contributed by atoms with Gasteiger partial charge in [-0.15, -0.1) is 12.4 Å². The standard InChI is InChI=1S/C19H14ClN5O.ClH.H2O/c20-14-7-5-13(6-8-14)18-24-16-4-2-10-22-19(16)25(18)12-17(26)23-15-3-1-9-21-11-15;;/h1-11H,12H2,(H,23,26);1H;1H2. The summed E-state index contributed by atoms with van der Waals surface area (Å²) in [7, 11) is 0. The first-order valence-corrected chi connectivity index (χ1v) is 8.35. The second-order valence-corrected chi connectivity index (χ2v) is 6.10. The van der Waals surface area contributed by atoms with E-state index in [9.17, 15) is 4.79 Å². The molecule has 3 aromatic heterocycles. The fraction of sp³-hybridized carbons (Fsp3) is 0.0526. The van der Waals surface area contributed by atoms with E-state index in [1.165, 1.54) is 0 Å². The lowest BCUT2D eigenvalue weighted by Crippen LogP contribution is -2.19. The van der Waals surface area contributed by atoms with Gasteiger partial charge in [0.25, 0.3) is 0 Å². The largest absolute Gasteiger partial charge is 0.412 e. The Kier molecular flexibility index (Phi) is 7.06. The molecule has 0 spiro atoms. The van der Waals surface area contributed by atoms with E-state index in [2.05, 4.69) is 20.3 Å². The summed E-state index contributed by atoms with van der Waals surface area (Å²) in [6.07, 6.45) is 4.94. The Morgan fingerprint density at radius 2 is 1.82 bits per heavy atom. The van der Waals surface area contributed by atoms with Gasteiger partial charge < -0.3 is 10.8 Å². The van der Waals surface area contributed by atoms with Crippen LogP contribution in [0.3, 0.4) is 0 Å². The Morgan fingerprint density at radius 3 is 2.54 bits per heavy atom. The molecule has 0 fully saturated rings. The minimum Gasteiger partial charge on any atom is -0.412 e. The van der Waals surface area contributed by atoms with Crippen LogP contribution in [0.15, 0.2) is 67.1 Å². The first kappa shape index (κ1) is 21.3. The van der Waals surface area contributed by atoms with E-state index >= 15 is 0 Å². The quantitative estimate of drug-likeness (QED) is 0.549. The summed E-state index contributed by atoms with van der Waals surface area (Å²) in [4.78, 5) is 25.5. The number of hydrogen-bond acceptors (Lipinski definition) is 4. The number of aromatic nitrogens is 4. The molecule has 4 aromatic rings. The van der Waals surface area contributed by atoms with Crippen LogP contribution in [0.25, 0.3) is 22.6 Å². The van der Waals surface area contributed by atoms with Gasteiger partial charge in [0, 0.05) is 23.0 Å². The van der Waals surface area contributed by atoms with Gasteiger partial charge in [-0.2, -0.15) is 0 Å². The van der Waals surface area contributed by atoms with Gasteiger partial charge in [0.15, 0.2) is 5.65 Å². The summed E-state index contributed by atoms with van der Waals surface area (Å²) < 4.78 is 1.80. The molecule has 1 aromatic carbocycles. The monoisotopic (exact) mass is 417 g/mol. The van der Waals surface area contributed by atoms with E-state index in [1.54, 1.807) is 47.4 Å². The van der Waals surface area contributed by atoms with Crippen molar-refractivity contribution in [2.45, 2.75) is 6.54 Å². The van der Waals surface area contributed by atoms with Gasteiger partial charge in [-0.1, -0.05) is 11.6 Å². The molecule has 0 aliphatic carbocycles. The van der Waals surface area contributed by atoms with E-state index in [-0.39, 0.29) is 30.3 Å². The molecule has 0 atom stereocenters. The second-order valence-electron chi connectivity index (χ2n) is 5.66. The van der Waals surface area contributed by atoms with Crippen molar-refractivity contribution in [1.29, 1.82) is 0 Å². The van der Waals surface area contributed by atoms with Crippen molar-refractivity contribution in [3.8, 4) is 11.4 Å². The zero-order valence-corrected chi connectivity index (χ0v) is 16.1. The van der Waals surface area contributed by atoms with Gasteiger partial charge in [-0.25, -0.2) is 9.97 Å². The van der Waals surface area contributed by atoms with Gasteiger partial charge in [-0.3, -0.25) is 14.3 Å². The molecule has 0 saturated heterocycles. The Morgan fingerprint density at radius 1 is 1.07 bits per heavy atom. The lowest BCUT2D eigenvalue weighted by molar-refractivity contribution is -0.116. The van der Waals surface area contributed by atoms with E-state index < -0.39 is 0 Å². The fourth-order valence-electron chi connectivity index (χ4n) is 2.71. The first-order valence-electron chi connectivity index (χ1n) is 7.98. The maximum Gasteiger partial charge on any atom is 0.244 e. The summed E-state index contributed by atoms with van der Waals surface area (Å²) in [6, 6.07) is 14.6. The average molecular weight is 418 g/mol. The first-order chi connectivity index (χ1) is 12.7. The minimum absolute atomic E-state index is 0. The second kappa shape index (κ2) is 9.27. The van der Waals surface area contributed by atoms with Crippen LogP contribution in [0.5, 0.6) is 0 Å². The van der Waals surface area contributed by atoms with Crippen molar-refractivity contribution in [1.82, 2.24) is 19.5 Å². The summed E-state index contributed by atoms with van der Waals surface area (Å²) in [6.45, 7) is 0.0837. The van der Waals surface area contributed by atoms with Crippen LogP contribution >= 0.6 is 24.0 Å². The van der Waals surface area contributed by atoms with Crippen molar-refractivity contribution in [3.05, 3.63) is 72.1 Å². The smallest absolute Gasteiger partial charge is 0.244 e. The molecule has 0 unspecified atom stereocenters. The Labute approximate surface area is 172 Å². The van der Waals surface area contributed by atoms with E-state index in [1.807, 2.05) is 24.3 Å². The number of benzene rings is 1. The molecular weight excluding hydrogens is 401 g/mol. The number of pyridine rings is 2. The highest BCUT2D eigenvalue weighted by molar-refractivity contribution is 6.30. The number of anilines is 1. The summed E-state index contributed by atoms with van der Waals surface area (Å²) in [5.41, 5.74) is 2.88. The predicted molar refractivity (Wildman–Crippen MR) is 112 cm³/mol. The molecule has 0 bridgehead atoms. The third-order valence-electron chi connectivity index (χ3n) is 3.85. The van der Waals surface area contributed by atoms with Crippen LogP contribution in [0.1, 0.15) is 0 Å². The summed E-state index contributed by atoms with van der Waals surface area (Å²) in [5.74, 6) is 0.481. The Hall–Kier alpha value is -3.00. The summed E-state index contributed by atoms with van der Waals surface area (Å²) >= 11 is 5.98. The van der Waals surface area contributed by atoms with Crippen LogP contribution in [0.2, 0.25) is 5.02 Å². The number of imidazole rings is 1. The van der Waals surface area contributed by atoms with Crippen LogP contribution < -0.4 is 5.32 Å². The zero-order chi connectivity index (χ0) is 17.9. The van der Waals surface area contributed by atoms with Crippen molar-refractivity contribution >= 4 is 46.8 Å². The third kappa shape index (κ3) is 4.45. The fourth-order valence-corrected chi connectivity index (χ4v) is 2.83. The highest BCUT2D eigenvalue weighted by atomic mass is 35.5. The molecule has 3 heterocycles. The molecule has 0 radical (unpaired) electrons. The maximum absolute atomic E-state index is 12.5. The molecule has 0 aliphatic heterocycles. The normalized spacial score (nSPS) is 10.0. The average Bonchev–Trinajstić information content (AvgIpc) is 3.02. The molecule has 4 rings (SSSR count). The van der Waals surface area contributed by atoms with E-state index in [0.29, 0.717) is 22.2 Å². The Balaban J connectivity index is 0.00000140. The van der Waals surface area contributed by atoms with Gasteiger partial charge in [0.05, 0.1) is 11.9 Å². The van der Waals surface area contributed by atoms with E-state index in [0.717, 1.165) is 11.1 Å². The van der Waals surface area contributed by atoms with Crippen LogP contribution in [0, 0.1) is 0 Å². The van der Waals surface area contributed by atoms with Crippen LogP contribution in [-0.2, 0) is 11.3 Å². The van der Waals surface area contributed by atoms with Crippen molar-refractivity contribution in [2.75, 3.05) is 5.32 Å². The number of rotatable bonds is 4. The molecule has 3 N–H and O–H groups in total. The lowest BCUT2D eigenvalue weighted by Gasteiger charge is -2.09. The highest BCUT2D eigenvalue weighted by Gasteiger charge is 2.16. The number of carbonyl (C=O) groups excluding carboxylic acids is 1. The molecular formula is C19H17Cl2N5O2. The SMILES string of the molecule is Cl.O.O=C(Cn1c(-c2ccc(Cl)cc2)nc2cccnc21)Nc1cccnc1. The molecule has 0 aliphatic rings. The summed E-state index contributed by atoms with van der Waals surface area (Å²) in [5, 5.41) is 3.48. The van der Waals surface area contributed by atoms with Gasteiger partial charge >= 0.3 is 0 Å². The van der Waals surface area contributed by atoms with E-state index in [4.69, 9.17) is 11.6 Å².